The fourth-order valence-electron chi connectivity index (χ4n) is 1.86. The molecule has 0 saturated carbocycles. The van der Waals surface area contributed by atoms with Gasteiger partial charge in [-0.15, -0.1) is 0 Å². The number of hydrogen-bond donors (Lipinski definition) is 1. The van der Waals surface area contributed by atoms with Crippen molar-refractivity contribution in [3.63, 3.8) is 0 Å². The van der Waals surface area contributed by atoms with Gasteiger partial charge in [0.2, 0.25) is 5.75 Å². The van der Waals surface area contributed by atoms with Crippen LogP contribution in [-0.4, -0.2) is 16.2 Å². The summed E-state index contributed by atoms with van der Waals surface area (Å²) in [6.07, 6.45) is 1.31. The summed E-state index contributed by atoms with van der Waals surface area (Å²) in [6, 6.07) is 7.97. The Morgan fingerprint density at radius 2 is 2.00 bits per heavy atom. The molecule has 0 aliphatic rings. The van der Waals surface area contributed by atoms with Gasteiger partial charge in [0, 0.05) is 22.9 Å². The van der Waals surface area contributed by atoms with Crippen molar-refractivity contribution in [1.29, 1.82) is 0 Å². The lowest BCUT2D eigenvalue weighted by atomic mass is 10.1. The molecule has 0 aliphatic heterocycles. The Balaban J connectivity index is 2.30. The number of hydrogen-bond acceptors (Lipinski definition) is 4. The first-order valence-electron chi connectivity index (χ1n) is 6.34. The zero-order valence-corrected chi connectivity index (χ0v) is 12.3. The van der Waals surface area contributed by atoms with E-state index < -0.39 is 16.4 Å². The summed E-state index contributed by atoms with van der Waals surface area (Å²) in [7, 11) is 0. The number of aliphatic imine (C=N–C) groups is 1. The Hall–Kier alpha value is -2.47. The maximum atomic E-state index is 12.9. The van der Waals surface area contributed by atoms with E-state index in [4.69, 9.17) is 11.6 Å². The predicted octanol–water partition coefficient (Wildman–Crippen LogP) is 4.27. The average molecular weight is 323 g/mol. The van der Waals surface area contributed by atoms with E-state index in [1.54, 1.807) is 19.1 Å². The summed E-state index contributed by atoms with van der Waals surface area (Å²) < 4.78 is 12.9. The Labute approximate surface area is 130 Å². The van der Waals surface area contributed by atoms with Gasteiger partial charge in [-0.05, 0) is 30.7 Å². The number of phenols is 1. The van der Waals surface area contributed by atoms with Crippen LogP contribution in [-0.2, 0) is 0 Å². The molecule has 7 heteroatoms. The Bertz CT molecular complexity index is 732. The van der Waals surface area contributed by atoms with Gasteiger partial charge in [0.1, 0.15) is 5.82 Å². The molecule has 2 aromatic carbocycles. The molecule has 1 N–H and O–H groups in total. The van der Waals surface area contributed by atoms with Gasteiger partial charge in [-0.1, -0.05) is 23.7 Å². The highest BCUT2D eigenvalue weighted by molar-refractivity contribution is 6.31. The normalized spacial score (nSPS) is 12.5. The number of nitro groups is 1. The van der Waals surface area contributed by atoms with Crippen LogP contribution in [0.15, 0.2) is 41.4 Å². The van der Waals surface area contributed by atoms with E-state index in [0.29, 0.717) is 0 Å². The largest absolute Gasteiger partial charge is 0.502 e. The third-order valence-corrected chi connectivity index (χ3v) is 3.29. The van der Waals surface area contributed by atoms with Gasteiger partial charge in [-0.3, -0.25) is 15.1 Å². The van der Waals surface area contributed by atoms with E-state index in [1.807, 2.05) is 0 Å². The Kier molecular flexibility index (Phi) is 4.72. The van der Waals surface area contributed by atoms with Gasteiger partial charge in [-0.25, -0.2) is 4.39 Å². The topological polar surface area (TPSA) is 75.7 Å². The smallest absolute Gasteiger partial charge is 0.312 e. The van der Waals surface area contributed by atoms with E-state index in [9.17, 15) is 19.6 Å². The van der Waals surface area contributed by atoms with Crippen molar-refractivity contribution in [2.45, 2.75) is 13.0 Å². The van der Waals surface area contributed by atoms with Crippen LogP contribution in [0.25, 0.3) is 0 Å². The average Bonchev–Trinajstić information content (AvgIpc) is 2.47. The van der Waals surface area contributed by atoms with Crippen molar-refractivity contribution < 1.29 is 14.4 Å². The van der Waals surface area contributed by atoms with Gasteiger partial charge in [0.25, 0.3) is 0 Å². The second-order valence-corrected chi connectivity index (χ2v) is 5.06. The number of benzene rings is 2. The van der Waals surface area contributed by atoms with Crippen LogP contribution < -0.4 is 0 Å². The molecule has 0 aromatic heterocycles. The monoisotopic (exact) mass is 322 g/mol. The molecule has 0 fully saturated rings. The first-order chi connectivity index (χ1) is 10.4. The molecule has 0 bridgehead atoms. The molecule has 114 valence electrons. The number of rotatable bonds is 4. The second-order valence-electron chi connectivity index (χ2n) is 4.63. The Morgan fingerprint density at radius 1 is 1.36 bits per heavy atom. The van der Waals surface area contributed by atoms with Gasteiger partial charge >= 0.3 is 5.69 Å². The fraction of sp³-hybridized carbons (Fsp3) is 0.133. The minimum absolute atomic E-state index is 0.125. The molecule has 22 heavy (non-hydrogen) atoms. The molecule has 2 rings (SSSR count). The highest BCUT2D eigenvalue weighted by atomic mass is 35.5. The second kappa shape index (κ2) is 6.53. The summed E-state index contributed by atoms with van der Waals surface area (Å²) in [6.45, 7) is 1.78. The highest BCUT2D eigenvalue weighted by Gasteiger charge is 2.17. The number of nitro benzene ring substituents is 1. The quantitative estimate of drug-likeness (QED) is 0.518. The first-order valence-corrected chi connectivity index (χ1v) is 6.72. The molecule has 0 saturated heterocycles. The molecular weight excluding hydrogens is 311 g/mol. The molecule has 0 heterocycles. The number of phenolic OH excluding ortho intramolecular Hbond substituents is 1. The van der Waals surface area contributed by atoms with Gasteiger partial charge < -0.3 is 5.11 Å². The van der Waals surface area contributed by atoms with Crippen LogP contribution in [0.4, 0.5) is 10.1 Å². The molecule has 5 nitrogen and oxygen atoms in total. The standard InChI is InChI=1S/C15H12ClFN2O3/c1-9(10-2-4-13(17)5-3-10)18-8-11-6-12(16)7-14(15(11)20)19(21)22/h2-9,20H,1H3/t9-/m0/s1. The first kappa shape index (κ1) is 15.9. The van der Waals surface area contributed by atoms with Crippen LogP contribution in [0.5, 0.6) is 5.75 Å². The molecule has 0 aliphatic carbocycles. The molecule has 1 atom stereocenters. The number of nitrogens with zero attached hydrogens (tertiary/aromatic N) is 2. The van der Waals surface area contributed by atoms with Crippen LogP contribution in [0.1, 0.15) is 24.1 Å². The lowest BCUT2D eigenvalue weighted by molar-refractivity contribution is -0.385. The van der Waals surface area contributed by atoms with E-state index in [2.05, 4.69) is 4.99 Å². The third kappa shape index (κ3) is 3.59. The van der Waals surface area contributed by atoms with Crippen LogP contribution in [0.3, 0.4) is 0 Å². The van der Waals surface area contributed by atoms with E-state index in [1.165, 1.54) is 24.4 Å². The van der Waals surface area contributed by atoms with Gasteiger partial charge in [0.15, 0.2) is 0 Å². The summed E-state index contributed by atoms with van der Waals surface area (Å²) in [5.74, 6) is -0.840. The molecule has 2 aromatic rings. The lowest BCUT2D eigenvalue weighted by Crippen LogP contribution is -1.95. The van der Waals surface area contributed by atoms with Crippen LogP contribution in [0, 0.1) is 15.9 Å². The summed E-state index contributed by atoms with van der Waals surface area (Å²) in [4.78, 5) is 14.3. The van der Waals surface area contributed by atoms with Crippen molar-refractivity contribution in [3.05, 3.63) is 68.5 Å². The van der Waals surface area contributed by atoms with Crippen molar-refractivity contribution >= 4 is 23.5 Å². The number of halogens is 2. The van der Waals surface area contributed by atoms with Crippen molar-refractivity contribution in [2.75, 3.05) is 0 Å². The maximum Gasteiger partial charge on any atom is 0.312 e. The molecule has 0 spiro atoms. The zero-order chi connectivity index (χ0) is 16.3. The van der Waals surface area contributed by atoms with Crippen LogP contribution >= 0.6 is 11.6 Å². The van der Waals surface area contributed by atoms with Gasteiger partial charge in [-0.2, -0.15) is 0 Å². The number of aromatic hydroxyl groups is 1. The predicted molar refractivity (Wildman–Crippen MR) is 82.2 cm³/mol. The van der Waals surface area contributed by atoms with E-state index in [0.717, 1.165) is 11.6 Å². The van der Waals surface area contributed by atoms with Crippen molar-refractivity contribution in [3.8, 4) is 5.75 Å². The Morgan fingerprint density at radius 3 is 2.59 bits per heavy atom. The SMILES string of the molecule is C[C@H](N=Cc1cc(Cl)cc([N+](=O)[O-])c1O)c1ccc(F)cc1. The van der Waals surface area contributed by atoms with E-state index in [-0.39, 0.29) is 22.4 Å². The van der Waals surface area contributed by atoms with Crippen LogP contribution in [0.2, 0.25) is 5.02 Å². The van der Waals surface area contributed by atoms with Crippen molar-refractivity contribution in [1.82, 2.24) is 0 Å². The van der Waals surface area contributed by atoms with Gasteiger partial charge in [0.05, 0.1) is 11.0 Å². The minimum atomic E-state index is -0.720. The lowest BCUT2D eigenvalue weighted by Gasteiger charge is -2.07. The van der Waals surface area contributed by atoms with Crippen molar-refractivity contribution in [2.24, 2.45) is 4.99 Å². The highest BCUT2D eigenvalue weighted by Crippen LogP contribution is 2.32. The molecular formula is C15H12ClFN2O3. The summed E-state index contributed by atoms with van der Waals surface area (Å²) in [5.41, 5.74) is 0.435. The molecule has 0 amide bonds. The zero-order valence-electron chi connectivity index (χ0n) is 11.5. The molecule has 0 radical (unpaired) electrons. The molecule has 0 unspecified atom stereocenters. The summed E-state index contributed by atoms with van der Waals surface area (Å²) >= 11 is 5.80. The minimum Gasteiger partial charge on any atom is -0.502 e. The summed E-state index contributed by atoms with van der Waals surface area (Å²) in [5, 5.41) is 20.8. The third-order valence-electron chi connectivity index (χ3n) is 3.07. The van der Waals surface area contributed by atoms with E-state index >= 15 is 0 Å². The fourth-order valence-corrected chi connectivity index (χ4v) is 2.08. The maximum absolute atomic E-state index is 12.9.